The number of aryl methyl sites for hydroxylation is 2. The number of carbonyl (C=O) groups excluding carboxylic acids is 4. The first kappa shape index (κ1) is 34.4. The molecule has 1 heterocycles. The zero-order valence-electron chi connectivity index (χ0n) is 25.9. The largest absolute Gasteiger partial charge is 0.396 e. The van der Waals surface area contributed by atoms with E-state index in [1.807, 2.05) is 73.7 Å². The van der Waals surface area contributed by atoms with Crippen molar-refractivity contribution in [2.75, 3.05) is 6.61 Å². The van der Waals surface area contributed by atoms with Crippen LogP contribution >= 0.6 is 0 Å². The fourth-order valence-electron chi connectivity index (χ4n) is 5.09. The summed E-state index contributed by atoms with van der Waals surface area (Å²) in [5, 5.41) is 10.2. The van der Waals surface area contributed by atoms with Gasteiger partial charge in [0.1, 0.15) is 5.78 Å². The van der Waals surface area contributed by atoms with Crippen molar-refractivity contribution in [3.8, 4) is 0 Å². The quantitative estimate of drug-likeness (QED) is 0.197. The Balaban J connectivity index is 0.000000241. The van der Waals surface area contributed by atoms with Crippen molar-refractivity contribution in [1.29, 1.82) is 0 Å². The van der Waals surface area contributed by atoms with Crippen molar-refractivity contribution in [3.05, 3.63) is 108 Å². The van der Waals surface area contributed by atoms with Gasteiger partial charge in [-0.25, -0.2) is 4.79 Å². The number of ketones is 1. The van der Waals surface area contributed by atoms with Crippen LogP contribution in [0, 0.1) is 11.8 Å². The molecule has 0 radical (unpaired) electrons. The second-order valence-electron chi connectivity index (χ2n) is 11.5. The van der Waals surface area contributed by atoms with E-state index in [-0.39, 0.29) is 43.0 Å². The Morgan fingerprint density at radius 2 is 1.18 bits per heavy atom. The van der Waals surface area contributed by atoms with Gasteiger partial charge in [0.2, 0.25) is 0 Å². The third-order valence-corrected chi connectivity index (χ3v) is 7.97. The lowest BCUT2D eigenvalue weighted by Crippen LogP contribution is -2.34. The predicted octanol–water partition coefficient (Wildman–Crippen LogP) is 6.63. The number of amides is 2. The van der Waals surface area contributed by atoms with Crippen molar-refractivity contribution in [1.82, 2.24) is 5.06 Å². The molecular weight excluding hydrogens is 554 g/mol. The molecule has 0 saturated carbocycles. The Morgan fingerprint density at radius 3 is 1.66 bits per heavy atom. The standard InChI is InChI=1S/C21H26O2.C16H19NO4/c1-17(9-8-12-18-10-4-2-5-11-18)21(23)15-20(16-22)19-13-6-3-7-14-19;1-12(6-5-9-13-7-3-2-4-8-13)16(20)21-17-14(18)10-11-15(17)19/h2-7,10-11,13-14,17,20,22H,8-9,12,15-16H2,1H3;2-4,7-8,12H,5-6,9-11H2,1H3/t17-,20-;/m0./s1. The molecule has 1 fully saturated rings. The lowest BCUT2D eigenvalue weighted by atomic mass is 9.88. The van der Waals surface area contributed by atoms with E-state index in [0.29, 0.717) is 17.9 Å². The summed E-state index contributed by atoms with van der Waals surface area (Å²) in [6.07, 6.45) is 6.00. The van der Waals surface area contributed by atoms with Gasteiger partial charge in [-0.05, 0) is 55.2 Å². The zero-order valence-corrected chi connectivity index (χ0v) is 25.9. The summed E-state index contributed by atoms with van der Waals surface area (Å²) in [7, 11) is 0. The van der Waals surface area contributed by atoms with Gasteiger partial charge < -0.3 is 9.94 Å². The van der Waals surface area contributed by atoms with Gasteiger partial charge in [-0.15, -0.1) is 5.06 Å². The van der Waals surface area contributed by atoms with E-state index in [4.69, 9.17) is 4.84 Å². The van der Waals surface area contributed by atoms with Gasteiger partial charge in [0.05, 0.1) is 12.5 Å². The second kappa shape index (κ2) is 18.5. The van der Waals surface area contributed by atoms with Crippen LogP contribution in [0.15, 0.2) is 91.0 Å². The van der Waals surface area contributed by atoms with Crippen LogP contribution in [0.5, 0.6) is 0 Å². The minimum Gasteiger partial charge on any atom is -0.396 e. The molecule has 7 nitrogen and oxygen atoms in total. The van der Waals surface area contributed by atoms with E-state index in [0.717, 1.165) is 37.7 Å². The molecule has 0 bridgehead atoms. The highest BCUT2D eigenvalue weighted by atomic mass is 16.7. The minimum atomic E-state index is -0.522. The van der Waals surface area contributed by atoms with Crippen molar-refractivity contribution >= 4 is 23.6 Å². The monoisotopic (exact) mass is 599 g/mol. The van der Waals surface area contributed by atoms with Crippen LogP contribution in [-0.2, 0) is 36.9 Å². The third kappa shape index (κ3) is 11.5. The average molecular weight is 600 g/mol. The maximum atomic E-state index is 12.4. The summed E-state index contributed by atoms with van der Waals surface area (Å²) < 4.78 is 0. The maximum absolute atomic E-state index is 12.4. The Hall–Kier alpha value is -4.10. The summed E-state index contributed by atoms with van der Waals surface area (Å²) in [6.45, 7) is 3.78. The van der Waals surface area contributed by atoms with Crippen LogP contribution in [0.1, 0.15) is 81.4 Å². The first-order chi connectivity index (χ1) is 21.3. The summed E-state index contributed by atoms with van der Waals surface area (Å²) in [5.41, 5.74) is 3.59. The van der Waals surface area contributed by atoms with E-state index in [1.54, 1.807) is 6.92 Å². The van der Waals surface area contributed by atoms with Gasteiger partial charge in [0, 0.05) is 31.1 Å². The number of benzene rings is 3. The van der Waals surface area contributed by atoms with Gasteiger partial charge in [0.25, 0.3) is 11.8 Å². The summed E-state index contributed by atoms with van der Waals surface area (Å²) in [6, 6.07) is 30.2. The molecule has 1 aliphatic rings. The van der Waals surface area contributed by atoms with Gasteiger partial charge in [-0.2, -0.15) is 0 Å². The van der Waals surface area contributed by atoms with Crippen LogP contribution < -0.4 is 0 Å². The molecule has 1 N–H and O–H groups in total. The van der Waals surface area contributed by atoms with E-state index in [2.05, 4.69) is 24.3 Å². The van der Waals surface area contributed by atoms with Crippen LogP contribution in [0.3, 0.4) is 0 Å². The first-order valence-electron chi connectivity index (χ1n) is 15.6. The molecule has 4 rings (SSSR count). The molecule has 44 heavy (non-hydrogen) atoms. The van der Waals surface area contributed by atoms with E-state index in [1.165, 1.54) is 11.1 Å². The second-order valence-corrected chi connectivity index (χ2v) is 11.5. The SMILES string of the molecule is CC(CCCc1ccccc1)C(=O)ON1C(=O)CCC1=O.C[C@@H](CCCc1ccccc1)C(=O)C[C@@H](CO)c1ccccc1. The number of hydrogen-bond acceptors (Lipinski definition) is 6. The van der Waals surface area contributed by atoms with Crippen LogP contribution in [0.25, 0.3) is 0 Å². The molecule has 0 aliphatic carbocycles. The molecule has 234 valence electrons. The van der Waals surface area contributed by atoms with E-state index >= 15 is 0 Å². The molecule has 0 aromatic heterocycles. The van der Waals surface area contributed by atoms with E-state index < -0.39 is 17.8 Å². The molecule has 3 aromatic carbocycles. The Labute approximate surface area is 261 Å². The lowest BCUT2D eigenvalue weighted by Gasteiger charge is -2.17. The minimum absolute atomic E-state index is 0.0203. The molecule has 1 saturated heterocycles. The highest BCUT2D eigenvalue weighted by molar-refractivity contribution is 6.01. The number of aliphatic hydroxyl groups excluding tert-OH is 1. The fourth-order valence-corrected chi connectivity index (χ4v) is 5.09. The zero-order chi connectivity index (χ0) is 31.7. The number of rotatable bonds is 15. The predicted molar refractivity (Wildman–Crippen MR) is 170 cm³/mol. The summed E-state index contributed by atoms with van der Waals surface area (Å²) >= 11 is 0. The molecule has 1 aliphatic heterocycles. The highest BCUT2D eigenvalue weighted by Gasteiger charge is 2.33. The maximum Gasteiger partial charge on any atom is 0.335 e. The summed E-state index contributed by atoms with van der Waals surface area (Å²) in [4.78, 5) is 51.9. The highest BCUT2D eigenvalue weighted by Crippen LogP contribution is 2.23. The molecule has 0 spiro atoms. The number of Topliss-reactive ketones (excluding diaryl/α,β-unsaturated/α-hetero) is 1. The van der Waals surface area contributed by atoms with Gasteiger partial charge >= 0.3 is 5.97 Å². The van der Waals surface area contributed by atoms with E-state index in [9.17, 15) is 24.3 Å². The Bertz CT molecular complexity index is 1300. The van der Waals surface area contributed by atoms with Crippen molar-refractivity contribution in [2.45, 2.75) is 77.6 Å². The number of hydrogen-bond donors (Lipinski definition) is 1. The Kier molecular flexibility index (Phi) is 14.5. The Morgan fingerprint density at radius 1 is 0.727 bits per heavy atom. The fraction of sp³-hybridized carbons (Fsp3) is 0.405. The van der Waals surface area contributed by atoms with Crippen LogP contribution in [-0.4, -0.2) is 40.3 Å². The number of aliphatic hydroxyl groups is 1. The topological polar surface area (TPSA) is 101 Å². The van der Waals surface area contributed by atoms with Crippen LogP contribution in [0.4, 0.5) is 0 Å². The number of imide groups is 1. The molecular formula is C37H45NO6. The summed E-state index contributed by atoms with van der Waals surface area (Å²) in [5.74, 6) is -1.52. The molecule has 3 atom stereocenters. The van der Waals surface area contributed by atoms with Gasteiger partial charge in [0.15, 0.2) is 0 Å². The molecule has 1 unspecified atom stereocenters. The van der Waals surface area contributed by atoms with Gasteiger partial charge in [-0.1, -0.05) is 105 Å². The number of carbonyl (C=O) groups is 4. The van der Waals surface area contributed by atoms with Gasteiger partial charge in [-0.3, -0.25) is 14.4 Å². The van der Waals surface area contributed by atoms with Crippen molar-refractivity contribution in [3.63, 3.8) is 0 Å². The molecule has 7 heteroatoms. The number of hydroxylamine groups is 2. The molecule has 3 aromatic rings. The van der Waals surface area contributed by atoms with Crippen molar-refractivity contribution < 1.29 is 29.1 Å². The normalized spacial score (nSPS) is 14.8. The lowest BCUT2D eigenvalue weighted by molar-refractivity contribution is -0.200. The smallest absolute Gasteiger partial charge is 0.335 e. The molecule has 2 amide bonds. The van der Waals surface area contributed by atoms with Crippen LogP contribution in [0.2, 0.25) is 0 Å². The first-order valence-corrected chi connectivity index (χ1v) is 15.6. The average Bonchev–Trinajstić information content (AvgIpc) is 3.37. The van der Waals surface area contributed by atoms with Crippen molar-refractivity contribution in [2.24, 2.45) is 11.8 Å². The third-order valence-electron chi connectivity index (χ3n) is 7.97. The number of nitrogens with zero attached hydrogens (tertiary/aromatic N) is 1.